The van der Waals surface area contributed by atoms with Gasteiger partial charge >= 0.3 is 11.8 Å². The Morgan fingerprint density at radius 3 is 2.61 bits per heavy atom. The molecule has 0 unspecified atom stereocenters. The van der Waals surface area contributed by atoms with Crippen LogP contribution in [0.2, 0.25) is 0 Å². The summed E-state index contributed by atoms with van der Waals surface area (Å²) in [5.74, 6) is -0.294. The van der Waals surface area contributed by atoms with E-state index in [1.54, 1.807) is 11.8 Å². The molecule has 1 aromatic carbocycles. The zero-order chi connectivity index (χ0) is 22.0. The number of ether oxygens (including phenoxy) is 1. The summed E-state index contributed by atoms with van der Waals surface area (Å²) in [6.07, 6.45) is 0. The van der Waals surface area contributed by atoms with Gasteiger partial charge in [0.25, 0.3) is 0 Å². The molecule has 9 nitrogen and oxygen atoms in total. The first-order valence-corrected chi connectivity index (χ1v) is 12.0. The van der Waals surface area contributed by atoms with Crippen LogP contribution in [-0.4, -0.2) is 55.7 Å². The van der Waals surface area contributed by atoms with Crippen LogP contribution in [0.4, 0.5) is 0 Å². The third-order valence-electron chi connectivity index (χ3n) is 4.88. The van der Waals surface area contributed by atoms with Crippen molar-refractivity contribution >= 4 is 27.3 Å². The molecule has 2 aromatic heterocycles. The monoisotopic (exact) mass is 462 g/mol. The van der Waals surface area contributed by atoms with E-state index in [4.69, 9.17) is 9.26 Å². The van der Waals surface area contributed by atoms with Gasteiger partial charge in [-0.25, -0.2) is 13.1 Å². The van der Waals surface area contributed by atoms with E-state index >= 15 is 0 Å². The minimum absolute atomic E-state index is 0.121. The summed E-state index contributed by atoms with van der Waals surface area (Å²) >= 11 is 1.23. The van der Waals surface area contributed by atoms with E-state index in [-0.39, 0.29) is 29.1 Å². The van der Waals surface area contributed by atoms with E-state index in [1.807, 2.05) is 31.2 Å². The number of rotatable bonds is 6. The molecule has 0 atom stereocenters. The van der Waals surface area contributed by atoms with E-state index in [0.29, 0.717) is 36.1 Å². The van der Waals surface area contributed by atoms with Crippen molar-refractivity contribution in [2.75, 3.05) is 26.3 Å². The SMILES string of the molecule is Cc1ccc(CNS(=O)(=O)c2cc(-c3noc(C(=O)N4CCOCC4)n3)sc2C)cc1. The molecule has 0 bridgehead atoms. The summed E-state index contributed by atoms with van der Waals surface area (Å²) in [6, 6.07) is 9.14. The normalized spacial score (nSPS) is 14.7. The van der Waals surface area contributed by atoms with Crippen LogP contribution in [0.5, 0.6) is 0 Å². The summed E-state index contributed by atoms with van der Waals surface area (Å²) in [4.78, 5) is 19.5. The van der Waals surface area contributed by atoms with Gasteiger partial charge in [0.2, 0.25) is 15.8 Å². The van der Waals surface area contributed by atoms with Crippen molar-refractivity contribution in [1.82, 2.24) is 19.8 Å². The van der Waals surface area contributed by atoms with Gasteiger partial charge in [-0.05, 0) is 25.5 Å². The zero-order valence-electron chi connectivity index (χ0n) is 17.1. The lowest BCUT2D eigenvalue weighted by molar-refractivity contribution is 0.0272. The molecule has 0 aliphatic carbocycles. The molecule has 11 heteroatoms. The number of amides is 1. The van der Waals surface area contributed by atoms with Gasteiger partial charge < -0.3 is 14.2 Å². The Bertz CT molecular complexity index is 1180. The summed E-state index contributed by atoms with van der Waals surface area (Å²) in [5.41, 5.74) is 1.98. The van der Waals surface area contributed by atoms with E-state index in [1.165, 1.54) is 17.4 Å². The number of nitrogens with zero attached hydrogens (tertiary/aromatic N) is 3. The standard InChI is InChI=1S/C20H22N4O5S2/c1-13-3-5-15(6-4-13)12-21-31(26,27)17-11-16(30-14(17)2)18-22-19(29-23-18)20(25)24-7-9-28-10-8-24/h3-6,11,21H,7-10,12H2,1-2H3. The van der Waals surface area contributed by atoms with Crippen LogP contribution in [0, 0.1) is 13.8 Å². The van der Waals surface area contributed by atoms with Crippen LogP contribution in [0.15, 0.2) is 39.8 Å². The summed E-state index contributed by atoms with van der Waals surface area (Å²) in [6.45, 7) is 5.74. The molecule has 0 spiro atoms. The first-order chi connectivity index (χ1) is 14.8. The van der Waals surface area contributed by atoms with E-state index in [0.717, 1.165) is 11.1 Å². The van der Waals surface area contributed by atoms with Crippen LogP contribution in [0.1, 0.15) is 26.7 Å². The Labute approximate surface area is 184 Å². The lowest BCUT2D eigenvalue weighted by Gasteiger charge is -2.25. The quantitative estimate of drug-likeness (QED) is 0.598. The first kappa shape index (κ1) is 21.6. The first-order valence-electron chi connectivity index (χ1n) is 9.70. The molecule has 4 rings (SSSR count). The van der Waals surface area contributed by atoms with Gasteiger partial charge in [0.15, 0.2) is 0 Å². The molecular formula is C20H22N4O5S2. The van der Waals surface area contributed by atoms with Crippen molar-refractivity contribution in [3.63, 3.8) is 0 Å². The van der Waals surface area contributed by atoms with Crippen molar-refractivity contribution in [1.29, 1.82) is 0 Å². The maximum Gasteiger partial charge on any atom is 0.316 e. The number of aromatic nitrogens is 2. The van der Waals surface area contributed by atoms with Crippen LogP contribution >= 0.6 is 11.3 Å². The van der Waals surface area contributed by atoms with Crippen LogP contribution in [-0.2, 0) is 21.3 Å². The zero-order valence-corrected chi connectivity index (χ0v) is 18.8. The van der Waals surface area contributed by atoms with Crippen LogP contribution < -0.4 is 4.72 Å². The molecular weight excluding hydrogens is 440 g/mol. The van der Waals surface area contributed by atoms with Crippen LogP contribution in [0.3, 0.4) is 0 Å². The maximum absolute atomic E-state index is 12.8. The highest BCUT2D eigenvalue weighted by molar-refractivity contribution is 7.89. The fourth-order valence-electron chi connectivity index (χ4n) is 3.12. The number of sulfonamides is 1. The number of carbonyl (C=O) groups is 1. The van der Waals surface area contributed by atoms with E-state index in [2.05, 4.69) is 14.9 Å². The topological polar surface area (TPSA) is 115 Å². The smallest absolute Gasteiger partial charge is 0.316 e. The molecule has 3 aromatic rings. The minimum atomic E-state index is -3.73. The second kappa shape index (κ2) is 8.87. The van der Waals surface area contributed by atoms with Gasteiger partial charge in [0.05, 0.1) is 23.0 Å². The Morgan fingerprint density at radius 2 is 1.90 bits per heavy atom. The number of aryl methyl sites for hydroxylation is 2. The van der Waals surface area contributed by atoms with Crippen molar-refractivity contribution in [2.45, 2.75) is 25.3 Å². The fourth-order valence-corrected chi connectivity index (χ4v) is 5.65. The molecule has 3 heterocycles. The summed E-state index contributed by atoms with van der Waals surface area (Å²) in [7, 11) is -3.73. The molecule has 164 valence electrons. The number of nitrogens with one attached hydrogen (secondary N) is 1. The number of hydrogen-bond donors (Lipinski definition) is 1. The highest BCUT2D eigenvalue weighted by atomic mass is 32.2. The molecule has 1 fully saturated rings. The number of thiophene rings is 1. The Morgan fingerprint density at radius 1 is 1.19 bits per heavy atom. The number of morpholine rings is 1. The molecule has 1 aliphatic heterocycles. The van der Waals surface area contributed by atoms with Gasteiger partial charge in [-0.2, -0.15) is 4.98 Å². The second-order valence-electron chi connectivity index (χ2n) is 7.17. The number of hydrogen-bond acceptors (Lipinski definition) is 8. The molecule has 0 radical (unpaired) electrons. The second-order valence-corrected chi connectivity index (χ2v) is 10.2. The largest absolute Gasteiger partial charge is 0.378 e. The average Bonchev–Trinajstić information content (AvgIpc) is 3.41. The van der Waals surface area contributed by atoms with Crippen molar-refractivity contribution in [3.8, 4) is 10.7 Å². The third kappa shape index (κ3) is 4.85. The van der Waals surface area contributed by atoms with Crippen LogP contribution in [0.25, 0.3) is 10.7 Å². The molecule has 1 aliphatic rings. The van der Waals surface area contributed by atoms with Gasteiger partial charge in [0, 0.05) is 24.5 Å². The van der Waals surface area contributed by atoms with Gasteiger partial charge in [-0.15, -0.1) is 11.3 Å². The lowest BCUT2D eigenvalue weighted by Crippen LogP contribution is -2.40. The van der Waals surface area contributed by atoms with Crippen molar-refractivity contribution < 1.29 is 22.5 Å². The Kier molecular flexibility index (Phi) is 6.19. The number of benzene rings is 1. The highest BCUT2D eigenvalue weighted by Crippen LogP contribution is 2.32. The van der Waals surface area contributed by atoms with Crippen molar-refractivity contribution in [3.05, 3.63) is 52.2 Å². The fraction of sp³-hybridized carbons (Fsp3) is 0.350. The van der Waals surface area contributed by atoms with Crippen molar-refractivity contribution in [2.24, 2.45) is 0 Å². The Hall–Kier alpha value is -2.60. The average molecular weight is 463 g/mol. The Balaban J connectivity index is 1.50. The summed E-state index contributed by atoms with van der Waals surface area (Å²) in [5, 5.41) is 3.87. The molecule has 1 N–H and O–H groups in total. The lowest BCUT2D eigenvalue weighted by atomic mass is 10.2. The van der Waals surface area contributed by atoms with E-state index < -0.39 is 10.0 Å². The molecule has 31 heavy (non-hydrogen) atoms. The summed E-state index contributed by atoms with van der Waals surface area (Å²) < 4.78 is 38.6. The predicted molar refractivity (Wildman–Crippen MR) is 114 cm³/mol. The maximum atomic E-state index is 12.8. The minimum Gasteiger partial charge on any atom is -0.378 e. The predicted octanol–water partition coefficient (Wildman–Crippen LogP) is 2.37. The molecule has 1 amide bonds. The molecule has 1 saturated heterocycles. The molecule has 0 saturated carbocycles. The van der Waals surface area contributed by atoms with Gasteiger partial charge in [-0.3, -0.25) is 4.79 Å². The van der Waals surface area contributed by atoms with E-state index in [9.17, 15) is 13.2 Å². The third-order valence-corrected chi connectivity index (χ3v) is 7.58. The van der Waals surface area contributed by atoms with Gasteiger partial charge in [-0.1, -0.05) is 35.0 Å². The highest BCUT2D eigenvalue weighted by Gasteiger charge is 2.26. The number of carbonyl (C=O) groups excluding carboxylic acids is 1. The van der Waals surface area contributed by atoms with Gasteiger partial charge in [0.1, 0.15) is 0 Å².